The van der Waals surface area contributed by atoms with Gasteiger partial charge in [-0.15, -0.1) is 0 Å². The molecule has 76 valence electrons. The summed E-state index contributed by atoms with van der Waals surface area (Å²) < 4.78 is 0. The second kappa shape index (κ2) is 3.71. The highest BCUT2D eigenvalue weighted by atomic mass is 16.4. The van der Waals surface area contributed by atoms with Gasteiger partial charge < -0.3 is 20.4 Å². The third kappa shape index (κ3) is 1.96. The highest BCUT2D eigenvalue weighted by Crippen LogP contribution is 2.22. The number of aliphatic carboxylic acids is 2. The van der Waals surface area contributed by atoms with E-state index in [1.165, 1.54) is 13.8 Å². The molecule has 0 heterocycles. The zero-order valence-corrected chi connectivity index (χ0v) is 7.26. The first-order chi connectivity index (χ1) is 5.74. The molecule has 0 radical (unpaired) electrons. The van der Waals surface area contributed by atoms with Gasteiger partial charge in [0.25, 0.3) is 0 Å². The van der Waals surface area contributed by atoms with Gasteiger partial charge >= 0.3 is 11.9 Å². The molecule has 0 aromatic heterocycles. The van der Waals surface area contributed by atoms with Crippen molar-refractivity contribution in [3.05, 3.63) is 0 Å². The van der Waals surface area contributed by atoms with Crippen LogP contribution < -0.4 is 0 Å². The van der Waals surface area contributed by atoms with Gasteiger partial charge in [0.1, 0.15) is 0 Å². The molecule has 0 fully saturated rings. The van der Waals surface area contributed by atoms with Crippen molar-refractivity contribution in [3.8, 4) is 0 Å². The van der Waals surface area contributed by atoms with Crippen molar-refractivity contribution < 1.29 is 30.0 Å². The Balaban J connectivity index is 5.01. The van der Waals surface area contributed by atoms with Gasteiger partial charge in [-0.05, 0) is 5.92 Å². The van der Waals surface area contributed by atoms with Crippen LogP contribution >= 0.6 is 0 Å². The Hall–Kier alpha value is -1.14. The Kier molecular flexibility index (Phi) is 3.39. The number of carboxylic acid groups (broad SMARTS) is 2. The number of aliphatic hydroxyl groups excluding tert-OH is 1. The molecule has 13 heavy (non-hydrogen) atoms. The van der Waals surface area contributed by atoms with Crippen LogP contribution in [-0.2, 0) is 9.59 Å². The van der Waals surface area contributed by atoms with E-state index in [1.807, 2.05) is 0 Å². The second-order valence-corrected chi connectivity index (χ2v) is 3.03. The summed E-state index contributed by atoms with van der Waals surface area (Å²) in [6.07, 6.45) is -2.33. The van der Waals surface area contributed by atoms with Crippen molar-refractivity contribution >= 4 is 11.9 Å². The first-order valence-corrected chi connectivity index (χ1v) is 3.61. The van der Waals surface area contributed by atoms with Gasteiger partial charge in [0.05, 0.1) is 0 Å². The molecule has 0 aliphatic carbocycles. The molecule has 0 bridgehead atoms. The first kappa shape index (κ1) is 11.9. The Morgan fingerprint density at radius 3 is 1.69 bits per heavy atom. The summed E-state index contributed by atoms with van der Waals surface area (Å²) in [6.45, 7) is 2.61. The molecule has 0 rings (SSSR count). The summed E-state index contributed by atoms with van der Waals surface area (Å²) in [5.74, 6) is -4.42. The lowest BCUT2D eigenvalue weighted by Crippen LogP contribution is -2.56. The van der Waals surface area contributed by atoms with E-state index in [1.54, 1.807) is 0 Å². The summed E-state index contributed by atoms with van der Waals surface area (Å²) in [6, 6.07) is 0. The number of carboxylic acids is 2. The highest BCUT2D eigenvalue weighted by Gasteiger charge is 2.50. The fraction of sp³-hybridized carbons (Fsp3) is 0.714. The van der Waals surface area contributed by atoms with E-state index >= 15 is 0 Å². The lowest BCUT2D eigenvalue weighted by molar-refractivity contribution is -0.190. The molecule has 6 nitrogen and oxygen atoms in total. The zero-order valence-electron chi connectivity index (χ0n) is 7.26. The van der Waals surface area contributed by atoms with E-state index < -0.39 is 29.6 Å². The smallest absolute Gasteiger partial charge is 0.339 e. The minimum Gasteiger partial charge on any atom is -0.479 e. The van der Waals surface area contributed by atoms with Crippen LogP contribution in [0.5, 0.6) is 0 Å². The fourth-order valence-electron chi connectivity index (χ4n) is 0.868. The highest BCUT2D eigenvalue weighted by molar-refractivity contribution is 5.87. The lowest BCUT2D eigenvalue weighted by atomic mass is 9.85. The van der Waals surface area contributed by atoms with Crippen LogP contribution in [0.15, 0.2) is 0 Å². The summed E-state index contributed by atoms with van der Waals surface area (Å²) in [5.41, 5.74) is -2.65. The van der Waals surface area contributed by atoms with Crippen molar-refractivity contribution in [3.63, 3.8) is 0 Å². The van der Waals surface area contributed by atoms with E-state index in [9.17, 15) is 14.7 Å². The van der Waals surface area contributed by atoms with Crippen molar-refractivity contribution in [1.82, 2.24) is 0 Å². The summed E-state index contributed by atoms with van der Waals surface area (Å²) in [5, 5.41) is 35.2. The van der Waals surface area contributed by atoms with Crippen LogP contribution in [-0.4, -0.2) is 44.1 Å². The maximum atomic E-state index is 10.5. The average Bonchev–Trinajstić information content (AvgIpc) is 2.00. The van der Waals surface area contributed by atoms with Crippen LogP contribution in [0.4, 0.5) is 0 Å². The van der Waals surface area contributed by atoms with Crippen molar-refractivity contribution in [2.75, 3.05) is 0 Å². The van der Waals surface area contributed by atoms with Crippen LogP contribution in [0.2, 0.25) is 0 Å². The van der Waals surface area contributed by atoms with Gasteiger partial charge in [-0.3, -0.25) is 0 Å². The summed E-state index contributed by atoms with van der Waals surface area (Å²) in [4.78, 5) is 20.8. The number of carbonyl (C=O) groups is 2. The molecule has 0 aliphatic rings. The monoisotopic (exact) mass is 192 g/mol. The van der Waals surface area contributed by atoms with Crippen LogP contribution in [0.1, 0.15) is 13.8 Å². The summed E-state index contributed by atoms with van der Waals surface area (Å²) >= 11 is 0. The topological polar surface area (TPSA) is 115 Å². The molecule has 0 amide bonds. The quantitative estimate of drug-likeness (QED) is 0.449. The van der Waals surface area contributed by atoms with Crippen molar-refractivity contribution in [2.45, 2.75) is 25.6 Å². The molecular weight excluding hydrogens is 180 g/mol. The molecule has 0 saturated heterocycles. The normalized spacial score (nSPS) is 17.9. The van der Waals surface area contributed by atoms with Gasteiger partial charge in [-0.25, -0.2) is 9.59 Å². The van der Waals surface area contributed by atoms with Crippen molar-refractivity contribution in [1.29, 1.82) is 0 Å². The van der Waals surface area contributed by atoms with Gasteiger partial charge in [0.15, 0.2) is 6.10 Å². The van der Waals surface area contributed by atoms with Gasteiger partial charge in [0, 0.05) is 0 Å². The molecule has 0 aromatic carbocycles. The molecule has 0 saturated carbocycles. The largest absolute Gasteiger partial charge is 0.479 e. The van der Waals surface area contributed by atoms with Gasteiger partial charge in [-0.2, -0.15) is 0 Å². The van der Waals surface area contributed by atoms with E-state index in [-0.39, 0.29) is 0 Å². The molecular formula is C7H12O6. The lowest BCUT2D eigenvalue weighted by Gasteiger charge is -2.29. The number of aliphatic hydroxyl groups is 2. The predicted molar refractivity (Wildman–Crippen MR) is 41.1 cm³/mol. The molecule has 0 aromatic rings. The minimum absolute atomic E-state index is 0.906. The van der Waals surface area contributed by atoms with E-state index in [2.05, 4.69) is 0 Å². The Morgan fingerprint density at radius 1 is 1.23 bits per heavy atom. The van der Waals surface area contributed by atoms with Crippen molar-refractivity contribution in [2.24, 2.45) is 5.92 Å². The molecule has 0 aliphatic heterocycles. The molecule has 0 spiro atoms. The first-order valence-electron chi connectivity index (χ1n) is 3.61. The number of hydrogen-bond acceptors (Lipinski definition) is 4. The summed E-state index contributed by atoms with van der Waals surface area (Å²) in [7, 11) is 0. The van der Waals surface area contributed by atoms with E-state index in [0.717, 1.165) is 0 Å². The second-order valence-electron chi connectivity index (χ2n) is 3.03. The molecule has 2 unspecified atom stereocenters. The zero-order chi connectivity index (χ0) is 10.8. The minimum atomic E-state index is -2.65. The van der Waals surface area contributed by atoms with Crippen LogP contribution in [0.3, 0.4) is 0 Å². The Labute approximate surface area is 74.4 Å². The number of rotatable bonds is 4. The predicted octanol–water partition coefficient (Wildman–Crippen LogP) is -1.10. The van der Waals surface area contributed by atoms with E-state index in [0.29, 0.717) is 0 Å². The third-order valence-corrected chi connectivity index (χ3v) is 1.87. The maximum Gasteiger partial charge on any atom is 0.339 e. The average molecular weight is 192 g/mol. The van der Waals surface area contributed by atoms with E-state index in [4.69, 9.17) is 15.3 Å². The van der Waals surface area contributed by atoms with Gasteiger partial charge in [-0.1, -0.05) is 13.8 Å². The number of hydrogen-bond donors (Lipinski definition) is 4. The molecule has 6 heteroatoms. The third-order valence-electron chi connectivity index (χ3n) is 1.87. The van der Waals surface area contributed by atoms with Crippen LogP contribution in [0, 0.1) is 5.92 Å². The Bertz CT molecular complexity index is 223. The standard InChI is InChI=1S/C7H12O6/c1-3(2)7(13,6(11)12)4(8)5(9)10/h3-4,8,13H,1-2H3,(H,9,10)(H,11,12). The van der Waals surface area contributed by atoms with Gasteiger partial charge in [0.2, 0.25) is 5.60 Å². The fourth-order valence-corrected chi connectivity index (χ4v) is 0.868. The SMILES string of the molecule is CC(C)C(O)(C(=O)O)C(O)C(=O)O. The van der Waals surface area contributed by atoms with Crippen LogP contribution in [0.25, 0.3) is 0 Å². The maximum absolute atomic E-state index is 10.5. The Morgan fingerprint density at radius 2 is 1.62 bits per heavy atom. The molecule has 4 N–H and O–H groups in total. The molecule has 2 atom stereocenters.